The molecule has 0 bridgehead atoms. The maximum atomic E-state index is 12.5. The molecule has 0 aliphatic rings. The van der Waals surface area contributed by atoms with Gasteiger partial charge in [0, 0.05) is 12.6 Å². The van der Waals surface area contributed by atoms with Gasteiger partial charge in [-0.1, -0.05) is 5.21 Å². The van der Waals surface area contributed by atoms with Gasteiger partial charge in [-0.25, -0.2) is 4.68 Å². The van der Waals surface area contributed by atoms with Crippen LogP contribution in [0.2, 0.25) is 0 Å². The number of nitrogens with two attached hydrogens (primary N) is 1. The average molecular weight is 208 g/mol. The Hall–Kier alpha value is -1.11. The highest BCUT2D eigenvalue weighted by Gasteiger charge is 2.39. The van der Waals surface area contributed by atoms with Gasteiger partial charge in [0.25, 0.3) is 0 Å². The Balaban J connectivity index is 3.27. The Bertz CT molecular complexity index is 315. The fourth-order valence-electron chi connectivity index (χ4n) is 1.12. The normalized spacial score (nSPS) is 12.5. The molecule has 0 aromatic carbocycles. The predicted molar refractivity (Wildman–Crippen MR) is 43.3 cm³/mol. The van der Waals surface area contributed by atoms with Crippen LogP contribution in [0.15, 0.2) is 0 Å². The lowest BCUT2D eigenvalue weighted by Crippen LogP contribution is -2.19. The van der Waals surface area contributed by atoms with E-state index in [1.807, 2.05) is 0 Å². The average Bonchev–Trinajstić information content (AvgIpc) is 2.45. The molecule has 1 aromatic heterocycles. The highest BCUT2D eigenvalue weighted by atomic mass is 19.4. The van der Waals surface area contributed by atoms with E-state index < -0.39 is 11.9 Å². The molecule has 0 aliphatic heterocycles. The van der Waals surface area contributed by atoms with Gasteiger partial charge in [0.15, 0.2) is 5.69 Å². The van der Waals surface area contributed by atoms with Crippen LogP contribution in [0.1, 0.15) is 31.3 Å². The van der Waals surface area contributed by atoms with E-state index in [0.29, 0.717) is 0 Å². The first-order chi connectivity index (χ1) is 6.38. The molecule has 0 saturated heterocycles. The van der Waals surface area contributed by atoms with Crippen LogP contribution < -0.4 is 5.73 Å². The minimum absolute atomic E-state index is 0.216. The smallest absolute Gasteiger partial charge is 0.325 e. The Morgan fingerprint density at radius 3 is 2.36 bits per heavy atom. The highest BCUT2D eigenvalue weighted by molar-refractivity contribution is 5.14. The summed E-state index contributed by atoms with van der Waals surface area (Å²) >= 11 is 0. The maximum absolute atomic E-state index is 12.5. The quantitative estimate of drug-likeness (QED) is 0.797. The van der Waals surface area contributed by atoms with Crippen molar-refractivity contribution in [3.63, 3.8) is 0 Å². The zero-order chi connectivity index (χ0) is 10.9. The fourth-order valence-corrected chi connectivity index (χ4v) is 1.12. The van der Waals surface area contributed by atoms with E-state index in [0.717, 1.165) is 4.68 Å². The minimum Gasteiger partial charge on any atom is -0.325 e. The molecule has 14 heavy (non-hydrogen) atoms. The molecule has 80 valence electrons. The lowest BCUT2D eigenvalue weighted by atomic mass is 10.3. The van der Waals surface area contributed by atoms with Gasteiger partial charge in [0.2, 0.25) is 0 Å². The first kappa shape index (κ1) is 11.0. The van der Waals surface area contributed by atoms with Crippen molar-refractivity contribution in [2.24, 2.45) is 5.73 Å². The third-order valence-electron chi connectivity index (χ3n) is 1.72. The molecule has 1 heterocycles. The molecular formula is C7H11F3N4. The summed E-state index contributed by atoms with van der Waals surface area (Å²) in [5, 5.41) is 6.81. The summed E-state index contributed by atoms with van der Waals surface area (Å²) in [7, 11) is 0. The summed E-state index contributed by atoms with van der Waals surface area (Å²) in [4.78, 5) is 0. The maximum Gasteiger partial charge on any atom is 0.434 e. The molecule has 0 amide bonds. The van der Waals surface area contributed by atoms with Gasteiger partial charge in [0.05, 0.1) is 0 Å². The standard InChI is InChI=1S/C7H11F3N4/c1-4(2)14-6(7(8,9)10)5(3-11)12-13-14/h4H,3,11H2,1-2H3. The predicted octanol–water partition coefficient (Wildman–Crippen LogP) is 1.34. The number of nitrogens with zero attached hydrogens (tertiary/aromatic N) is 3. The van der Waals surface area contributed by atoms with E-state index in [-0.39, 0.29) is 18.3 Å². The Morgan fingerprint density at radius 1 is 1.43 bits per heavy atom. The molecule has 1 rings (SSSR count). The van der Waals surface area contributed by atoms with Crippen LogP contribution in [0, 0.1) is 0 Å². The summed E-state index contributed by atoms with van der Waals surface area (Å²) < 4.78 is 38.4. The molecule has 7 heteroatoms. The van der Waals surface area contributed by atoms with Crippen molar-refractivity contribution in [1.29, 1.82) is 0 Å². The van der Waals surface area contributed by atoms with Crippen molar-refractivity contribution in [3.8, 4) is 0 Å². The fraction of sp³-hybridized carbons (Fsp3) is 0.714. The number of hydrogen-bond donors (Lipinski definition) is 1. The van der Waals surface area contributed by atoms with E-state index in [1.54, 1.807) is 13.8 Å². The van der Waals surface area contributed by atoms with Crippen LogP contribution in [0.25, 0.3) is 0 Å². The van der Waals surface area contributed by atoms with Gasteiger partial charge in [-0.05, 0) is 13.8 Å². The summed E-state index contributed by atoms with van der Waals surface area (Å²) in [6.07, 6.45) is -4.46. The second kappa shape index (κ2) is 3.56. The van der Waals surface area contributed by atoms with Gasteiger partial charge < -0.3 is 5.73 Å². The van der Waals surface area contributed by atoms with E-state index in [9.17, 15) is 13.2 Å². The molecule has 0 aliphatic carbocycles. The summed E-state index contributed by atoms with van der Waals surface area (Å²) in [6.45, 7) is 2.94. The van der Waals surface area contributed by atoms with Crippen LogP contribution in [0.4, 0.5) is 13.2 Å². The van der Waals surface area contributed by atoms with Crippen LogP contribution in [0.3, 0.4) is 0 Å². The second-order valence-electron chi connectivity index (χ2n) is 3.12. The van der Waals surface area contributed by atoms with Crippen molar-refractivity contribution in [2.45, 2.75) is 32.6 Å². The highest BCUT2D eigenvalue weighted by Crippen LogP contribution is 2.32. The second-order valence-corrected chi connectivity index (χ2v) is 3.12. The van der Waals surface area contributed by atoms with Crippen molar-refractivity contribution >= 4 is 0 Å². The first-order valence-corrected chi connectivity index (χ1v) is 4.09. The Morgan fingerprint density at radius 2 is 2.00 bits per heavy atom. The number of halogens is 3. The van der Waals surface area contributed by atoms with Crippen molar-refractivity contribution in [3.05, 3.63) is 11.4 Å². The topological polar surface area (TPSA) is 56.7 Å². The third-order valence-corrected chi connectivity index (χ3v) is 1.72. The summed E-state index contributed by atoms with van der Waals surface area (Å²) in [5.41, 5.74) is 4.08. The molecule has 4 nitrogen and oxygen atoms in total. The molecule has 0 atom stereocenters. The Kier molecular flexibility index (Phi) is 2.79. The van der Waals surface area contributed by atoms with E-state index >= 15 is 0 Å². The van der Waals surface area contributed by atoms with E-state index in [4.69, 9.17) is 5.73 Å². The number of aromatic nitrogens is 3. The van der Waals surface area contributed by atoms with E-state index in [2.05, 4.69) is 10.3 Å². The monoisotopic (exact) mass is 208 g/mol. The van der Waals surface area contributed by atoms with Crippen LogP contribution >= 0.6 is 0 Å². The molecule has 2 N–H and O–H groups in total. The summed E-state index contributed by atoms with van der Waals surface area (Å²) in [6, 6.07) is -0.389. The number of rotatable bonds is 2. The molecular weight excluding hydrogens is 197 g/mol. The van der Waals surface area contributed by atoms with Gasteiger partial charge in [0.1, 0.15) is 5.69 Å². The molecule has 1 aromatic rings. The molecule has 0 fully saturated rings. The molecule has 0 spiro atoms. The zero-order valence-electron chi connectivity index (χ0n) is 7.84. The largest absolute Gasteiger partial charge is 0.434 e. The molecule has 0 radical (unpaired) electrons. The van der Waals surface area contributed by atoms with Gasteiger partial charge >= 0.3 is 6.18 Å². The zero-order valence-corrected chi connectivity index (χ0v) is 7.84. The van der Waals surface area contributed by atoms with Gasteiger partial charge in [-0.3, -0.25) is 0 Å². The molecule has 0 unspecified atom stereocenters. The SMILES string of the molecule is CC(C)n1nnc(CN)c1C(F)(F)F. The Labute approximate surface area is 78.9 Å². The first-order valence-electron chi connectivity index (χ1n) is 4.09. The van der Waals surface area contributed by atoms with Crippen molar-refractivity contribution < 1.29 is 13.2 Å². The van der Waals surface area contributed by atoms with Crippen LogP contribution in [0.5, 0.6) is 0 Å². The minimum atomic E-state index is -4.46. The van der Waals surface area contributed by atoms with E-state index in [1.165, 1.54) is 0 Å². The van der Waals surface area contributed by atoms with Crippen molar-refractivity contribution in [1.82, 2.24) is 15.0 Å². The molecule has 0 saturated carbocycles. The van der Waals surface area contributed by atoms with Gasteiger partial charge in [-0.2, -0.15) is 13.2 Å². The van der Waals surface area contributed by atoms with Crippen molar-refractivity contribution in [2.75, 3.05) is 0 Å². The van der Waals surface area contributed by atoms with Crippen LogP contribution in [-0.4, -0.2) is 15.0 Å². The van der Waals surface area contributed by atoms with Crippen LogP contribution in [-0.2, 0) is 12.7 Å². The number of alkyl halides is 3. The van der Waals surface area contributed by atoms with Gasteiger partial charge in [-0.15, -0.1) is 5.10 Å². The lowest BCUT2D eigenvalue weighted by Gasteiger charge is -2.12. The lowest BCUT2D eigenvalue weighted by molar-refractivity contribution is -0.145. The number of hydrogen-bond acceptors (Lipinski definition) is 3. The summed E-state index contributed by atoms with van der Waals surface area (Å²) in [5.74, 6) is 0. The third kappa shape index (κ3) is 1.87.